The van der Waals surface area contributed by atoms with Crippen LogP contribution in [-0.2, 0) is 17.9 Å². The van der Waals surface area contributed by atoms with E-state index in [1.807, 2.05) is 90.4 Å². The minimum Gasteiger partial charge on any atom is -0.490 e. The minimum absolute atomic E-state index is 0.00119. The zero-order chi connectivity index (χ0) is 27.2. The third-order valence-corrected chi connectivity index (χ3v) is 6.73. The Bertz CT molecular complexity index is 1670. The van der Waals surface area contributed by atoms with Gasteiger partial charge < -0.3 is 14.0 Å². The smallest absolute Gasteiger partial charge is 0.260 e. The van der Waals surface area contributed by atoms with E-state index in [4.69, 9.17) is 9.47 Å². The van der Waals surface area contributed by atoms with Gasteiger partial charge in [0.25, 0.3) is 5.91 Å². The van der Waals surface area contributed by atoms with Gasteiger partial charge in [-0.3, -0.25) is 9.59 Å². The van der Waals surface area contributed by atoms with Crippen LogP contribution in [0.2, 0.25) is 0 Å². The summed E-state index contributed by atoms with van der Waals surface area (Å²) >= 11 is 3.58. The number of aromatic nitrogens is 1. The molecule has 0 fully saturated rings. The fourth-order valence-corrected chi connectivity index (χ4v) is 4.97. The highest BCUT2D eigenvalue weighted by atomic mass is 79.9. The van der Waals surface area contributed by atoms with Gasteiger partial charge in [0.1, 0.15) is 13.2 Å². The SMILES string of the molecule is CCOc1cc(/C=N\NC(=O)Cn2c3ccccc3c(=O)c3ccccc32)cc(Br)c1OCc1ccccc1. The topological polar surface area (TPSA) is 81.9 Å². The first kappa shape index (κ1) is 26.2. The van der Waals surface area contributed by atoms with Crippen molar-refractivity contribution in [3.05, 3.63) is 117 Å². The van der Waals surface area contributed by atoms with Crippen molar-refractivity contribution in [2.24, 2.45) is 5.10 Å². The Hall–Kier alpha value is -4.43. The number of hydrazone groups is 1. The monoisotopic (exact) mass is 583 g/mol. The van der Waals surface area contributed by atoms with Crippen LogP contribution >= 0.6 is 15.9 Å². The molecule has 0 unspecified atom stereocenters. The summed E-state index contributed by atoms with van der Waals surface area (Å²) in [6.45, 7) is 2.77. The number of nitrogens with one attached hydrogen (secondary N) is 1. The number of fused-ring (bicyclic) bond motifs is 2. The fourth-order valence-electron chi connectivity index (χ4n) is 4.40. The van der Waals surface area contributed by atoms with Gasteiger partial charge in [-0.15, -0.1) is 0 Å². The van der Waals surface area contributed by atoms with Crippen molar-refractivity contribution < 1.29 is 14.3 Å². The summed E-state index contributed by atoms with van der Waals surface area (Å²) in [6, 6.07) is 28.1. The van der Waals surface area contributed by atoms with Crippen molar-refractivity contribution in [1.29, 1.82) is 0 Å². The molecule has 5 rings (SSSR count). The Morgan fingerprint density at radius 3 is 2.23 bits per heavy atom. The first-order valence-electron chi connectivity index (χ1n) is 12.5. The second-order valence-electron chi connectivity index (χ2n) is 8.78. The van der Waals surface area contributed by atoms with E-state index in [0.29, 0.717) is 51.0 Å². The van der Waals surface area contributed by atoms with E-state index in [-0.39, 0.29) is 17.9 Å². The summed E-state index contributed by atoms with van der Waals surface area (Å²) in [5.74, 6) is 0.845. The quantitative estimate of drug-likeness (QED) is 0.130. The van der Waals surface area contributed by atoms with Crippen LogP contribution in [0.15, 0.2) is 105 Å². The summed E-state index contributed by atoms with van der Waals surface area (Å²) < 4.78 is 14.4. The largest absolute Gasteiger partial charge is 0.490 e. The van der Waals surface area contributed by atoms with Crippen LogP contribution in [-0.4, -0.2) is 23.3 Å². The highest BCUT2D eigenvalue weighted by Gasteiger charge is 2.14. The number of carbonyl (C=O) groups is 1. The number of rotatable bonds is 9. The van der Waals surface area contributed by atoms with Crippen LogP contribution in [0.3, 0.4) is 0 Å². The molecule has 1 aromatic heterocycles. The normalized spacial score (nSPS) is 11.2. The number of nitrogens with zero attached hydrogens (tertiary/aromatic N) is 2. The molecule has 39 heavy (non-hydrogen) atoms. The maximum Gasteiger partial charge on any atom is 0.260 e. The first-order chi connectivity index (χ1) is 19.0. The average Bonchev–Trinajstić information content (AvgIpc) is 2.95. The number of ether oxygens (including phenoxy) is 2. The molecule has 1 amide bonds. The molecule has 0 aliphatic rings. The Balaban J connectivity index is 1.34. The molecule has 1 N–H and O–H groups in total. The van der Waals surface area contributed by atoms with Gasteiger partial charge in [0, 0.05) is 10.8 Å². The Kier molecular flexibility index (Phi) is 8.03. The molecule has 0 aliphatic carbocycles. The van der Waals surface area contributed by atoms with Crippen molar-refractivity contribution in [2.75, 3.05) is 6.61 Å². The number of amides is 1. The van der Waals surface area contributed by atoms with E-state index in [1.54, 1.807) is 18.3 Å². The highest BCUT2D eigenvalue weighted by Crippen LogP contribution is 2.37. The van der Waals surface area contributed by atoms with Gasteiger partial charge in [0.2, 0.25) is 0 Å². The fraction of sp³-hybridized carbons (Fsp3) is 0.129. The molecule has 0 aliphatic heterocycles. The van der Waals surface area contributed by atoms with E-state index in [1.165, 1.54) is 0 Å². The van der Waals surface area contributed by atoms with Crippen LogP contribution in [0, 0.1) is 0 Å². The Morgan fingerprint density at radius 1 is 0.923 bits per heavy atom. The first-order valence-corrected chi connectivity index (χ1v) is 13.3. The van der Waals surface area contributed by atoms with E-state index in [2.05, 4.69) is 26.5 Å². The maximum absolute atomic E-state index is 12.9. The number of pyridine rings is 1. The van der Waals surface area contributed by atoms with Crippen molar-refractivity contribution in [3.8, 4) is 11.5 Å². The van der Waals surface area contributed by atoms with Gasteiger partial charge in [-0.25, -0.2) is 5.43 Å². The van der Waals surface area contributed by atoms with Gasteiger partial charge in [0.05, 0.1) is 28.3 Å². The number of halogens is 1. The van der Waals surface area contributed by atoms with Gasteiger partial charge in [-0.05, 0) is 70.4 Å². The van der Waals surface area contributed by atoms with E-state index in [0.717, 1.165) is 11.1 Å². The average molecular weight is 584 g/mol. The summed E-state index contributed by atoms with van der Waals surface area (Å²) in [6.07, 6.45) is 1.55. The molecule has 7 nitrogen and oxygen atoms in total. The maximum atomic E-state index is 12.9. The molecule has 4 aromatic carbocycles. The Labute approximate surface area is 233 Å². The lowest BCUT2D eigenvalue weighted by Crippen LogP contribution is -2.25. The van der Waals surface area contributed by atoms with Crippen LogP contribution in [0.25, 0.3) is 21.8 Å². The number of benzene rings is 4. The molecular formula is C31H26BrN3O4. The van der Waals surface area contributed by atoms with Gasteiger partial charge in [0.15, 0.2) is 16.9 Å². The lowest BCUT2D eigenvalue weighted by Gasteiger charge is -2.15. The van der Waals surface area contributed by atoms with E-state index < -0.39 is 0 Å². The predicted octanol–water partition coefficient (Wildman–Crippen LogP) is 6.05. The molecule has 0 saturated heterocycles. The van der Waals surface area contributed by atoms with Crippen molar-refractivity contribution in [2.45, 2.75) is 20.1 Å². The summed E-state index contributed by atoms with van der Waals surface area (Å²) in [5, 5.41) is 5.29. The summed E-state index contributed by atoms with van der Waals surface area (Å²) in [5.41, 5.74) is 5.69. The van der Waals surface area contributed by atoms with Crippen LogP contribution < -0.4 is 20.3 Å². The zero-order valence-corrected chi connectivity index (χ0v) is 22.9. The molecular weight excluding hydrogens is 558 g/mol. The number of para-hydroxylation sites is 2. The predicted molar refractivity (Wildman–Crippen MR) is 158 cm³/mol. The van der Waals surface area contributed by atoms with Crippen LogP contribution in [0.5, 0.6) is 11.5 Å². The van der Waals surface area contributed by atoms with E-state index >= 15 is 0 Å². The molecule has 0 bridgehead atoms. The lowest BCUT2D eigenvalue weighted by atomic mass is 10.1. The van der Waals surface area contributed by atoms with Gasteiger partial charge in [-0.1, -0.05) is 54.6 Å². The molecule has 5 aromatic rings. The minimum atomic E-state index is -0.322. The Morgan fingerprint density at radius 2 is 1.56 bits per heavy atom. The van der Waals surface area contributed by atoms with Crippen molar-refractivity contribution >= 4 is 49.9 Å². The van der Waals surface area contributed by atoms with Crippen LogP contribution in [0.4, 0.5) is 0 Å². The van der Waals surface area contributed by atoms with E-state index in [9.17, 15) is 9.59 Å². The number of hydrogen-bond acceptors (Lipinski definition) is 5. The molecule has 196 valence electrons. The highest BCUT2D eigenvalue weighted by molar-refractivity contribution is 9.10. The molecule has 0 radical (unpaired) electrons. The molecule has 0 saturated carbocycles. The lowest BCUT2D eigenvalue weighted by molar-refractivity contribution is -0.121. The molecule has 0 spiro atoms. The third-order valence-electron chi connectivity index (χ3n) is 6.14. The van der Waals surface area contributed by atoms with Crippen molar-refractivity contribution in [1.82, 2.24) is 9.99 Å². The molecule has 1 heterocycles. The second-order valence-corrected chi connectivity index (χ2v) is 9.63. The van der Waals surface area contributed by atoms with Crippen LogP contribution in [0.1, 0.15) is 18.1 Å². The second kappa shape index (κ2) is 12.0. The standard InChI is InChI=1S/C31H26BrN3O4/c1-2-38-28-17-22(16-25(32)31(28)39-20-21-10-4-3-5-11-21)18-33-34-29(36)19-35-26-14-8-6-12-23(26)30(37)24-13-7-9-15-27(24)35/h3-18H,2,19-20H2,1H3,(H,34,36)/b33-18-. The molecule has 8 heteroatoms. The van der Waals surface area contributed by atoms with Gasteiger partial charge in [-0.2, -0.15) is 5.10 Å². The third kappa shape index (κ3) is 5.86. The van der Waals surface area contributed by atoms with Crippen molar-refractivity contribution in [3.63, 3.8) is 0 Å². The van der Waals surface area contributed by atoms with Gasteiger partial charge >= 0.3 is 0 Å². The molecule has 0 atom stereocenters. The summed E-state index contributed by atoms with van der Waals surface area (Å²) in [4.78, 5) is 25.8. The number of hydrogen-bond donors (Lipinski definition) is 1. The number of carbonyl (C=O) groups excluding carboxylic acids is 1. The summed E-state index contributed by atoms with van der Waals surface area (Å²) in [7, 11) is 0. The zero-order valence-electron chi connectivity index (χ0n) is 21.3.